The van der Waals surface area contributed by atoms with Gasteiger partial charge >= 0.3 is 28.1 Å². The van der Waals surface area contributed by atoms with Crippen LogP contribution in [0.3, 0.4) is 0 Å². The average Bonchev–Trinajstić information content (AvgIpc) is 2.97. The van der Waals surface area contributed by atoms with Crippen LogP contribution >= 0.6 is 22.4 Å². The molecule has 0 aliphatic carbocycles. The van der Waals surface area contributed by atoms with Crippen LogP contribution in [0, 0.1) is 0 Å². The van der Waals surface area contributed by atoms with Gasteiger partial charge in [-0.3, -0.25) is 4.57 Å². The van der Waals surface area contributed by atoms with E-state index in [0.717, 1.165) is 0 Å². The van der Waals surface area contributed by atoms with Crippen molar-refractivity contribution in [1.29, 1.82) is 0 Å². The minimum Gasteiger partial charge on any atom is -0.383 e. The van der Waals surface area contributed by atoms with Gasteiger partial charge in [0, 0.05) is 11.8 Å². The first kappa shape index (κ1) is 26.7. The van der Waals surface area contributed by atoms with Gasteiger partial charge in [-0.2, -0.15) is 9.29 Å². The molecule has 18 heteroatoms. The smallest absolute Gasteiger partial charge is 0.383 e. The first-order valence-corrected chi connectivity index (χ1v) is 14.3. The van der Waals surface area contributed by atoms with Gasteiger partial charge in [0.25, 0.3) is 0 Å². The lowest BCUT2D eigenvalue weighted by atomic mass is 9.88. The molecule has 2 rings (SSSR count). The zero-order valence-corrected chi connectivity index (χ0v) is 20.2. The van der Waals surface area contributed by atoms with E-state index in [4.69, 9.17) is 24.8 Å². The third kappa shape index (κ3) is 8.08. The molecular weight excluding hydrogens is 499 g/mol. The summed E-state index contributed by atoms with van der Waals surface area (Å²) in [6.07, 6.45) is 0.954. The van der Waals surface area contributed by atoms with Gasteiger partial charge in [0.15, 0.2) is 0 Å². The molecule has 14 nitrogen and oxygen atoms in total. The maximum atomic E-state index is 12.3. The van der Waals surface area contributed by atoms with Crippen LogP contribution in [0.15, 0.2) is 11.0 Å². The number of anilines is 1. The van der Waals surface area contributed by atoms with Crippen LogP contribution in [0.4, 0.5) is 5.82 Å². The lowest BCUT2D eigenvalue weighted by Gasteiger charge is -2.24. The number of nitrogens with zero attached hydrogens (tertiary/aromatic N) is 2. The van der Waals surface area contributed by atoms with Crippen molar-refractivity contribution in [3.05, 3.63) is 22.2 Å². The minimum absolute atomic E-state index is 0.121. The Balaban J connectivity index is 2.03. The summed E-state index contributed by atoms with van der Waals surface area (Å²) in [6.45, 7) is 0.923. The van der Waals surface area contributed by atoms with Gasteiger partial charge in [0.1, 0.15) is 12.0 Å². The van der Waals surface area contributed by atoms with Crippen LogP contribution < -0.4 is 11.4 Å². The lowest BCUT2D eigenvalue weighted by molar-refractivity contribution is -0.0219. The molecule has 2 unspecified atom stereocenters. The molecule has 0 spiro atoms. The monoisotopic (exact) mass is 523 g/mol. The Morgan fingerprint density at radius 3 is 2.42 bits per heavy atom. The summed E-state index contributed by atoms with van der Waals surface area (Å²) < 4.78 is 41.8. The quantitative estimate of drug-likeness (QED) is 0.304. The molecular formula is C13H24N3O11P3S. The number of phosphoric acid groups is 2. The second kappa shape index (κ2) is 9.38. The molecule has 2 heterocycles. The Morgan fingerprint density at radius 2 is 1.87 bits per heavy atom. The third-order valence-electron chi connectivity index (χ3n) is 4.02. The predicted molar refractivity (Wildman–Crippen MR) is 111 cm³/mol. The highest BCUT2D eigenvalue weighted by Gasteiger charge is 2.39. The fraction of sp³-hybridized carbons (Fsp3) is 0.692. The second-order valence-electron chi connectivity index (χ2n) is 7.66. The number of aromatic nitrogens is 2. The van der Waals surface area contributed by atoms with Gasteiger partial charge in [0.05, 0.1) is 12.7 Å². The summed E-state index contributed by atoms with van der Waals surface area (Å²) in [5, 5.41) is 0. The largest absolute Gasteiger partial charge is 0.488 e. The first-order chi connectivity index (χ1) is 13.9. The molecule has 1 aromatic heterocycles. The number of ether oxygens (including phenoxy) is 1. The van der Waals surface area contributed by atoms with E-state index in [2.05, 4.69) is 25.4 Å². The first-order valence-electron chi connectivity index (χ1n) is 8.71. The highest BCUT2D eigenvalue weighted by atomic mass is 32.5. The third-order valence-corrected chi connectivity index (χ3v) is 8.74. The van der Waals surface area contributed by atoms with E-state index in [9.17, 15) is 23.7 Å². The van der Waals surface area contributed by atoms with Crippen molar-refractivity contribution in [1.82, 2.24) is 9.55 Å². The summed E-state index contributed by atoms with van der Waals surface area (Å²) in [7, 11) is -10.8. The van der Waals surface area contributed by atoms with Crippen molar-refractivity contribution in [2.45, 2.75) is 51.4 Å². The Labute approximate surface area is 182 Å². The molecule has 6 N–H and O–H groups in total. The topological polar surface area (TPSA) is 213 Å². The van der Waals surface area contributed by atoms with E-state index in [1.54, 1.807) is 6.20 Å². The summed E-state index contributed by atoms with van der Waals surface area (Å²) >= 11 is 4.55. The van der Waals surface area contributed by atoms with Crippen molar-refractivity contribution in [3.8, 4) is 0 Å². The van der Waals surface area contributed by atoms with Gasteiger partial charge < -0.3 is 34.6 Å². The van der Waals surface area contributed by atoms with Crippen LogP contribution in [0.1, 0.15) is 45.4 Å². The molecule has 0 amide bonds. The van der Waals surface area contributed by atoms with Gasteiger partial charge in [-0.25, -0.2) is 18.2 Å². The summed E-state index contributed by atoms with van der Waals surface area (Å²) in [5.74, 6) is 0.121. The van der Waals surface area contributed by atoms with Crippen LogP contribution in [0.5, 0.6) is 0 Å². The van der Waals surface area contributed by atoms with Gasteiger partial charge in [0.2, 0.25) is 0 Å². The van der Waals surface area contributed by atoms with E-state index in [-0.39, 0.29) is 17.8 Å². The molecule has 31 heavy (non-hydrogen) atoms. The molecule has 0 bridgehead atoms. The van der Waals surface area contributed by atoms with E-state index in [1.165, 1.54) is 4.57 Å². The van der Waals surface area contributed by atoms with Gasteiger partial charge in [-0.1, -0.05) is 20.8 Å². The van der Waals surface area contributed by atoms with Crippen molar-refractivity contribution in [2.75, 3.05) is 12.3 Å². The maximum absolute atomic E-state index is 12.3. The summed E-state index contributed by atoms with van der Waals surface area (Å²) in [6, 6.07) is 0. The van der Waals surface area contributed by atoms with Crippen molar-refractivity contribution < 1.29 is 46.6 Å². The Morgan fingerprint density at radius 1 is 1.26 bits per heavy atom. The van der Waals surface area contributed by atoms with Crippen LogP contribution in [0.2, 0.25) is 0 Å². The molecule has 1 aliphatic rings. The van der Waals surface area contributed by atoms with Crippen LogP contribution in [-0.4, -0.2) is 41.8 Å². The number of rotatable bonds is 8. The molecule has 178 valence electrons. The predicted octanol–water partition coefficient (Wildman–Crippen LogP) is 1.26. The molecule has 4 atom stereocenters. The standard InChI is InChI=1S/C13H24N3O11P3S/c1-13(2,3)9-6-16(12(17)15-11(9)14)10-5-4-8(25-10)7-24-30(23,31)27-29(21,22)26-28(18,19)20/h6,8,10H,4-5,7H2,1-3H3,(H,21,22)(H,23,31)(H2,14,15,17)(H2,18,19,20)/t8-,10+,30?/m0/s1. The highest BCUT2D eigenvalue weighted by molar-refractivity contribution is 8.08. The molecule has 1 fully saturated rings. The number of hydrogen-bond acceptors (Lipinski definition) is 10. The average molecular weight is 523 g/mol. The SMILES string of the molecule is CC(C)(C)c1cn([C@H]2CC[C@@H](COP(O)(=S)OP(=O)(O)OP(=O)(O)O)O2)c(=O)nc1N. The maximum Gasteiger partial charge on any atom is 0.488 e. The lowest BCUT2D eigenvalue weighted by Crippen LogP contribution is -2.31. The fourth-order valence-electron chi connectivity index (χ4n) is 2.76. The van der Waals surface area contributed by atoms with Gasteiger partial charge in [-0.05, 0) is 30.1 Å². The van der Waals surface area contributed by atoms with Crippen LogP contribution in [-0.2, 0) is 44.2 Å². The normalized spacial score (nSPS) is 24.0. The van der Waals surface area contributed by atoms with Crippen molar-refractivity contribution in [2.24, 2.45) is 0 Å². The summed E-state index contributed by atoms with van der Waals surface area (Å²) in [4.78, 5) is 52.4. The highest BCUT2D eigenvalue weighted by Crippen LogP contribution is 2.66. The Bertz CT molecular complexity index is 1020. The number of nitrogen functional groups attached to an aromatic ring is 1. The van der Waals surface area contributed by atoms with E-state index in [1.807, 2.05) is 20.8 Å². The zero-order valence-electron chi connectivity index (χ0n) is 16.7. The van der Waals surface area contributed by atoms with Crippen molar-refractivity contribution >= 4 is 40.0 Å². The van der Waals surface area contributed by atoms with Crippen molar-refractivity contribution in [3.63, 3.8) is 0 Å². The minimum atomic E-state index is -5.39. The molecule has 0 aromatic carbocycles. The molecule has 0 radical (unpaired) electrons. The van der Waals surface area contributed by atoms with Gasteiger partial charge in [-0.15, -0.1) is 0 Å². The van der Waals surface area contributed by atoms with Crippen LogP contribution in [0.25, 0.3) is 0 Å². The van der Waals surface area contributed by atoms with E-state index >= 15 is 0 Å². The summed E-state index contributed by atoms with van der Waals surface area (Å²) in [5.41, 5.74) is 5.52. The molecule has 1 saturated heterocycles. The fourth-order valence-corrected chi connectivity index (χ4v) is 6.75. The zero-order chi connectivity index (χ0) is 23.8. The number of nitrogens with two attached hydrogens (primary N) is 1. The molecule has 0 saturated carbocycles. The number of hydrogen-bond donors (Lipinski definition) is 5. The van der Waals surface area contributed by atoms with E-state index < -0.39 is 40.4 Å². The van der Waals surface area contributed by atoms with E-state index in [0.29, 0.717) is 18.4 Å². The molecule has 1 aliphatic heterocycles. The Kier molecular flexibility index (Phi) is 8.08. The molecule has 1 aromatic rings. The Hall–Kier alpha value is -0.530. The second-order valence-corrected chi connectivity index (χ2v) is 13.5.